The van der Waals surface area contributed by atoms with Gasteiger partial charge in [0.2, 0.25) is 0 Å². The first-order valence-electron chi connectivity index (χ1n) is 16.7. The van der Waals surface area contributed by atoms with E-state index in [9.17, 15) is 4.79 Å². The summed E-state index contributed by atoms with van der Waals surface area (Å²) in [5, 5.41) is 0. The summed E-state index contributed by atoms with van der Waals surface area (Å²) in [5.41, 5.74) is 10.1. The van der Waals surface area contributed by atoms with E-state index >= 15 is 4.39 Å². The molecule has 49 heavy (non-hydrogen) atoms. The molecule has 0 unspecified atom stereocenters. The predicted molar refractivity (Wildman–Crippen MR) is 185 cm³/mol. The Kier molecular flexibility index (Phi) is 14.2. The summed E-state index contributed by atoms with van der Waals surface area (Å²) in [6.45, 7) is 10.8. The number of nitrogens with two attached hydrogens (primary N) is 1. The second-order valence-electron chi connectivity index (χ2n) is 11.5. The number of nitrogen functional groups attached to an aromatic ring is 1. The van der Waals surface area contributed by atoms with E-state index in [-0.39, 0.29) is 5.82 Å². The quantitative estimate of drug-likeness (QED) is 0.102. The third kappa shape index (κ3) is 10.7. The van der Waals surface area contributed by atoms with Gasteiger partial charge in [-0.05, 0) is 43.3 Å². The number of piperazine rings is 1. The lowest BCUT2D eigenvalue weighted by Gasteiger charge is -2.36. The van der Waals surface area contributed by atoms with Crippen LogP contribution in [0, 0.1) is 12.7 Å². The SMILES string of the molecule is Cc1nc2ccc(-c3ccnc(N)c3)nc2n1-c1ccc(N2CCN(CCOCCOCCOCCOCCOCCC=O)CC2)c(F)c1. The van der Waals surface area contributed by atoms with Crippen molar-refractivity contribution in [3.8, 4) is 16.9 Å². The third-order valence-electron chi connectivity index (χ3n) is 8.07. The Balaban J connectivity index is 0.978. The number of aldehydes is 1. The molecule has 0 saturated carbocycles. The van der Waals surface area contributed by atoms with Gasteiger partial charge in [-0.25, -0.2) is 19.3 Å². The van der Waals surface area contributed by atoms with Crippen LogP contribution in [0.5, 0.6) is 0 Å². The monoisotopic (exact) mass is 679 g/mol. The zero-order valence-electron chi connectivity index (χ0n) is 28.1. The number of pyridine rings is 2. The van der Waals surface area contributed by atoms with Crippen molar-refractivity contribution in [3.63, 3.8) is 0 Å². The summed E-state index contributed by atoms with van der Waals surface area (Å²) >= 11 is 0. The van der Waals surface area contributed by atoms with Crippen LogP contribution in [-0.2, 0) is 28.5 Å². The molecule has 1 aliphatic heterocycles. The molecular formula is C35H46FN7O6. The van der Waals surface area contributed by atoms with E-state index in [2.05, 4.69) is 19.8 Å². The van der Waals surface area contributed by atoms with Gasteiger partial charge in [0.05, 0.1) is 83.1 Å². The Bertz CT molecular complexity index is 1610. The van der Waals surface area contributed by atoms with Gasteiger partial charge >= 0.3 is 0 Å². The number of imidazole rings is 1. The Hall–Kier alpha value is -4.05. The number of benzene rings is 1. The molecule has 1 saturated heterocycles. The maximum absolute atomic E-state index is 15.6. The standard InChI is InChI=1S/C35H46FN7O6/c1-27-39-32-5-4-31(28-7-8-38-34(37)25-28)40-35(32)43(27)29-3-6-33(30(36)26-29)42-11-9-41(10-12-42)13-16-46-18-20-48-22-24-49-23-21-47-19-17-45-15-2-14-44/h3-8,14,25-26H,2,9-13,15-24H2,1H3,(H2,37,38). The van der Waals surface area contributed by atoms with Gasteiger partial charge in [-0.1, -0.05) is 0 Å². The van der Waals surface area contributed by atoms with Gasteiger partial charge in [0.25, 0.3) is 0 Å². The summed E-state index contributed by atoms with van der Waals surface area (Å²) in [7, 11) is 0. The van der Waals surface area contributed by atoms with Gasteiger partial charge in [0.1, 0.15) is 29.3 Å². The van der Waals surface area contributed by atoms with E-state index in [1.807, 2.05) is 41.8 Å². The summed E-state index contributed by atoms with van der Waals surface area (Å²) in [6, 6.07) is 12.8. The van der Waals surface area contributed by atoms with Crippen molar-refractivity contribution < 1.29 is 32.9 Å². The lowest BCUT2D eigenvalue weighted by atomic mass is 10.1. The first-order chi connectivity index (χ1) is 24.0. The van der Waals surface area contributed by atoms with Crippen LogP contribution in [0.25, 0.3) is 28.1 Å². The zero-order chi connectivity index (χ0) is 34.3. The van der Waals surface area contributed by atoms with E-state index in [4.69, 9.17) is 34.4 Å². The molecule has 4 aromatic rings. The maximum atomic E-state index is 15.6. The highest BCUT2D eigenvalue weighted by molar-refractivity contribution is 5.78. The minimum Gasteiger partial charge on any atom is -0.384 e. The van der Waals surface area contributed by atoms with Gasteiger partial charge in [-0.15, -0.1) is 0 Å². The fourth-order valence-electron chi connectivity index (χ4n) is 5.56. The second-order valence-corrected chi connectivity index (χ2v) is 11.5. The van der Waals surface area contributed by atoms with Crippen molar-refractivity contribution in [2.75, 3.05) is 109 Å². The van der Waals surface area contributed by atoms with Gasteiger partial charge in [0, 0.05) is 57.0 Å². The Morgan fingerprint density at radius 2 is 1.45 bits per heavy atom. The Morgan fingerprint density at radius 3 is 2.08 bits per heavy atom. The van der Waals surface area contributed by atoms with Crippen LogP contribution in [0.15, 0.2) is 48.7 Å². The minimum atomic E-state index is -0.277. The highest BCUT2D eigenvalue weighted by Gasteiger charge is 2.21. The molecule has 0 bridgehead atoms. The molecule has 1 fully saturated rings. The lowest BCUT2D eigenvalue weighted by Crippen LogP contribution is -2.47. The number of ether oxygens (including phenoxy) is 5. The van der Waals surface area contributed by atoms with Gasteiger partial charge in [-0.2, -0.15) is 0 Å². The minimum absolute atomic E-state index is 0.277. The molecule has 0 aliphatic carbocycles. The number of halogens is 1. The molecule has 1 aromatic carbocycles. The summed E-state index contributed by atoms with van der Waals surface area (Å²) in [5.74, 6) is 0.866. The topological polar surface area (TPSA) is 139 Å². The number of hydrogen-bond acceptors (Lipinski definition) is 12. The van der Waals surface area contributed by atoms with E-state index in [1.54, 1.807) is 18.3 Å². The van der Waals surface area contributed by atoms with Crippen LogP contribution >= 0.6 is 0 Å². The predicted octanol–water partition coefficient (Wildman–Crippen LogP) is 3.31. The summed E-state index contributed by atoms with van der Waals surface area (Å²) in [6.07, 6.45) is 2.89. The first kappa shape index (κ1) is 36.2. The van der Waals surface area contributed by atoms with Crippen molar-refractivity contribution in [1.29, 1.82) is 0 Å². The van der Waals surface area contributed by atoms with Crippen LogP contribution in [0.2, 0.25) is 0 Å². The molecule has 0 radical (unpaired) electrons. The van der Waals surface area contributed by atoms with Crippen LogP contribution in [0.4, 0.5) is 15.9 Å². The number of fused-ring (bicyclic) bond motifs is 1. The molecule has 0 atom stereocenters. The molecule has 13 nitrogen and oxygen atoms in total. The van der Waals surface area contributed by atoms with Crippen molar-refractivity contribution in [1.82, 2.24) is 24.4 Å². The molecule has 3 aromatic heterocycles. The fourth-order valence-corrected chi connectivity index (χ4v) is 5.56. The Labute approximate surface area is 286 Å². The number of carbonyl (C=O) groups is 1. The molecule has 1 aliphatic rings. The third-order valence-corrected chi connectivity index (χ3v) is 8.07. The number of rotatable bonds is 21. The molecule has 264 valence electrons. The first-order valence-corrected chi connectivity index (χ1v) is 16.7. The van der Waals surface area contributed by atoms with E-state index in [1.165, 1.54) is 0 Å². The van der Waals surface area contributed by atoms with Gasteiger partial charge in [-0.3, -0.25) is 9.47 Å². The maximum Gasteiger partial charge on any atom is 0.165 e. The number of aryl methyl sites for hydroxylation is 1. The highest BCUT2D eigenvalue weighted by atomic mass is 19.1. The lowest BCUT2D eigenvalue weighted by molar-refractivity contribution is -0.108. The second kappa shape index (κ2) is 19.2. The van der Waals surface area contributed by atoms with Crippen molar-refractivity contribution >= 4 is 29.0 Å². The molecule has 5 rings (SSSR count). The van der Waals surface area contributed by atoms with E-state index < -0.39 is 0 Å². The molecule has 0 spiro atoms. The number of anilines is 2. The van der Waals surface area contributed by atoms with Crippen molar-refractivity contribution in [3.05, 3.63) is 60.3 Å². The van der Waals surface area contributed by atoms with E-state index in [0.29, 0.717) is 95.3 Å². The molecule has 4 heterocycles. The van der Waals surface area contributed by atoms with Crippen LogP contribution in [-0.4, -0.2) is 129 Å². The van der Waals surface area contributed by atoms with Crippen LogP contribution in [0.1, 0.15) is 12.2 Å². The van der Waals surface area contributed by atoms with Crippen molar-refractivity contribution in [2.24, 2.45) is 0 Å². The zero-order valence-corrected chi connectivity index (χ0v) is 28.1. The van der Waals surface area contributed by atoms with E-state index in [0.717, 1.165) is 61.6 Å². The normalized spacial score (nSPS) is 13.8. The Morgan fingerprint density at radius 1 is 0.796 bits per heavy atom. The highest BCUT2D eigenvalue weighted by Crippen LogP contribution is 2.28. The molecule has 2 N–H and O–H groups in total. The van der Waals surface area contributed by atoms with Crippen LogP contribution in [0.3, 0.4) is 0 Å². The number of carbonyl (C=O) groups excluding carboxylic acids is 1. The molecule has 0 amide bonds. The summed E-state index contributed by atoms with van der Waals surface area (Å²) in [4.78, 5) is 28.2. The number of aromatic nitrogens is 4. The molecular weight excluding hydrogens is 633 g/mol. The average molecular weight is 680 g/mol. The smallest absolute Gasteiger partial charge is 0.165 e. The van der Waals surface area contributed by atoms with Crippen LogP contribution < -0.4 is 10.6 Å². The van der Waals surface area contributed by atoms with Gasteiger partial charge in [0.15, 0.2) is 5.65 Å². The van der Waals surface area contributed by atoms with Gasteiger partial charge < -0.3 is 39.1 Å². The largest absolute Gasteiger partial charge is 0.384 e. The number of hydrogen-bond donors (Lipinski definition) is 1. The average Bonchev–Trinajstić information content (AvgIpc) is 3.44. The molecule has 14 heteroatoms. The number of nitrogens with zero attached hydrogens (tertiary/aromatic N) is 6. The van der Waals surface area contributed by atoms with Crippen molar-refractivity contribution in [2.45, 2.75) is 13.3 Å². The fraction of sp³-hybridized carbons (Fsp3) is 0.486. The summed E-state index contributed by atoms with van der Waals surface area (Å²) < 4.78 is 44.8.